The van der Waals surface area contributed by atoms with Crippen LogP contribution in [-0.4, -0.2) is 84.9 Å². The Labute approximate surface area is 204 Å². The van der Waals surface area contributed by atoms with Crippen LogP contribution in [0.1, 0.15) is 16.2 Å². The number of para-hydroxylation sites is 1. The summed E-state index contributed by atoms with van der Waals surface area (Å²) < 4.78 is 10.7. The molecule has 4 rings (SSSR count). The first-order chi connectivity index (χ1) is 17.1. The van der Waals surface area contributed by atoms with E-state index in [2.05, 4.69) is 25.7 Å². The van der Waals surface area contributed by atoms with Crippen molar-refractivity contribution in [2.24, 2.45) is 0 Å². The minimum absolute atomic E-state index is 0.118. The van der Waals surface area contributed by atoms with Gasteiger partial charge in [-0.3, -0.25) is 9.69 Å². The number of carbonyl (C=O) groups is 2. The summed E-state index contributed by atoms with van der Waals surface area (Å²) in [5.41, 5.74) is 2.03. The summed E-state index contributed by atoms with van der Waals surface area (Å²) in [7, 11) is 1.71. The summed E-state index contributed by atoms with van der Waals surface area (Å²) in [6, 6.07) is 16.1. The van der Waals surface area contributed by atoms with Gasteiger partial charge in [0.1, 0.15) is 0 Å². The highest BCUT2D eigenvalue weighted by Crippen LogP contribution is 2.18. The highest BCUT2D eigenvalue weighted by Gasteiger charge is 2.14. The summed E-state index contributed by atoms with van der Waals surface area (Å²) in [6.45, 7) is 5.11. The Hall–Kier alpha value is -3.76. The van der Waals surface area contributed by atoms with Gasteiger partial charge in [0.25, 0.3) is 11.8 Å². The Kier molecular flexibility index (Phi) is 8.42. The first-order valence-electron chi connectivity index (χ1n) is 11.7. The molecule has 10 nitrogen and oxygen atoms in total. The second-order valence-corrected chi connectivity index (χ2v) is 8.27. The maximum atomic E-state index is 12.4. The molecule has 3 aromatic rings. The number of carbonyl (C=O) groups excluding carboxylic acids is 2. The SMILES string of the molecule is CN(CCc1noc(-c2ccc(C(=O)NCCN3CCOCC3)cc2)n1)C(=O)Nc1ccccc1. The molecule has 0 atom stereocenters. The van der Waals surface area contributed by atoms with Gasteiger partial charge >= 0.3 is 6.03 Å². The van der Waals surface area contributed by atoms with Crippen molar-refractivity contribution in [2.75, 3.05) is 58.3 Å². The Bertz CT molecular complexity index is 1100. The van der Waals surface area contributed by atoms with Crippen LogP contribution >= 0.6 is 0 Å². The van der Waals surface area contributed by atoms with Crippen LogP contribution in [0.25, 0.3) is 11.5 Å². The predicted molar refractivity (Wildman–Crippen MR) is 131 cm³/mol. The zero-order valence-corrected chi connectivity index (χ0v) is 19.8. The minimum atomic E-state index is -0.210. The monoisotopic (exact) mass is 478 g/mol. The van der Waals surface area contributed by atoms with Crippen LogP contribution in [0.2, 0.25) is 0 Å². The van der Waals surface area contributed by atoms with Crippen LogP contribution in [0.5, 0.6) is 0 Å². The average molecular weight is 479 g/mol. The van der Waals surface area contributed by atoms with E-state index in [1.165, 1.54) is 0 Å². The van der Waals surface area contributed by atoms with Crippen LogP contribution in [-0.2, 0) is 11.2 Å². The number of nitrogens with zero attached hydrogens (tertiary/aromatic N) is 4. The third-order valence-corrected chi connectivity index (χ3v) is 5.72. The standard InChI is InChI=1S/C25H30N6O4/c1-30(25(33)27-21-5-3-2-4-6-21)13-11-22-28-24(35-29-22)20-9-7-19(8-10-20)23(32)26-12-14-31-15-17-34-18-16-31/h2-10H,11-18H2,1H3,(H,26,32)(H,27,33). The third kappa shape index (κ3) is 7.11. The van der Waals surface area contributed by atoms with Gasteiger partial charge in [0, 0.05) is 63.0 Å². The van der Waals surface area contributed by atoms with Crippen LogP contribution in [0.15, 0.2) is 59.1 Å². The molecule has 2 aromatic carbocycles. The van der Waals surface area contributed by atoms with Crippen molar-refractivity contribution in [1.82, 2.24) is 25.3 Å². The van der Waals surface area contributed by atoms with Gasteiger partial charge in [-0.1, -0.05) is 23.4 Å². The molecule has 0 radical (unpaired) electrons. The first-order valence-corrected chi connectivity index (χ1v) is 11.7. The zero-order valence-electron chi connectivity index (χ0n) is 19.8. The third-order valence-electron chi connectivity index (χ3n) is 5.72. The second kappa shape index (κ2) is 12.1. The van der Waals surface area contributed by atoms with Crippen LogP contribution in [0.4, 0.5) is 10.5 Å². The number of hydrogen-bond acceptors (Lipinski definition) is 7. The van der Waals surface area contributed by atoms with Crippen molar-refractivity contribution >= 4 is 17.6 Å². The van der Waals surface area contributed by atoms with E-state index in [4.69, 9.17) is 9.26 Å². The van der Waals surface area contributed by atoms with Gasteiger partial charge in [-0.25, -0.2) is 4.79 Å². The Morgan fingerprint density at radius 2 is 1.80 bits per heavy atom. The number of morpholine rings is 1. The number of amides is 3. The maximum Gasteiger partial charge on any atom is 0.321 e. The minimum Gasteiger partial charge on any atom is -0.379 e. The van der Waals surface area contributed by atoms with E-state index in [0.29, 0.717) is 36.8 Å². The summed E-state index contributed by atoms with van der Waals surface area (Å²) in [5.74, 6) is 0.757. The van der Waals surface area contributed by atoms with Crippen molar-refractivity contribution in [1.29, 1.82) is 0 Å². The molecule has 0 aliphatic carbocycles. The molecule has 184 valence electrons. The zero-order chi connectivity index (χ0) is 24.5. The average Bonchev–Trinajstić information content (AvgIpc) is 3.37. The number of rotatable bonds is 9. The number of nitrogens with one attached hydrogen (secondary N) is 2. The predicted octanol–water partition coefficient (Wildman–Crippen LogP) is 2.50. The molecule has 0 spiro atoms. The van der Waals surface area contributed by atoms with E-state index in [9.17, 15) is 9.59 Å². The highest BCUT2D eigenvalue weighted by molar-refractivity contribution is 5.94. The van der Waals surface area contributed by atoms with Crippen molar-refractivity contribution < 1.29 is 18.8 Å². The number of ether oxygens (including phenoxy) is 1. The lowest BCUT2D eigenvalue weighted by molar-refractivity contribution is 0.0383. The lowest BCUT2D eigenvalue weighted by Crippen LogP contribution is -2.41. The first kappa shape index (κ1) is 24.4. The number of anilines is 1. The Balaban J connectivity index is 1.23. The molecule has 1 aliphatic rings. The smallest absolute Gasteiger partial charge is 0.321 e. The number of aromatic nitrogens is 2. The fourth-order valence-electron chi connectivity index (χ4n) is 3.60. The molecule has 0 bridgehead atoms. The van der Waals surface area contributed by atoms with Gasteiger partial charge in [-0.05, 0) is 36.4 Å². The Morgan fingerprint density at radius 1 is 1.06 bits per heavy atom. The molecule has 1 aromatic heterocycles. The molecule has 3 amide bonds. The van der Waals surface area contributed by atoms with Gasteiger partial charge in [0.05, 0.1) is 13.2 Å². The quantitative estimate of drug-likeness (QED) is 0.486. The molecule has 0 saturated carbocycles. The van der Waals surface area contributed by atoms with Crippen molar-refractivity contribution in [3.63, 3.8) is 0 Å². The van der Waals surface area contributed by atoms with Gasteiger partial charge in [-0.2, -0.15) is 4.98 Å². The molecule has 1 saturated heterocycles. The molecule has 0 unspecified atom stereocenters. The molecule has 1 fully saturated rings. The fourth-order valence-corrected chi connectivity index (χ4v) is 3.60. The fraction of sp³-hybridized carbons (Fsp3) is 0.360. The number of urea groups is 1. The second-order valence-electron chi connectivity index (χ2n) is 8.27. The summed E-state index contributed by atoms with van der Waals surface area (Å²) >= 11 is 0. The lowest BCUT2D eigenvalue weighted by Gasteiger charge is -2.26. The maximum absolute atomic E-state index is 12.4. The molecular formula is C25H30N6O4. The molecule has 35 heavy (non-hydrogen) atoms. The molecule has 10 heteroatoms. The van der Waals surface area contributed by atoms with Crippen LogP contribution < -0.4 is 10.6 Å². The largest absolute Gasteiger partial charge is 0.379 e. The molecular weight excluding hydrogens is 448 g/mol. The summed E-state index contributed by atoms with van der Waals surface area (Å²) in [6.07, 6.45) is 0.450. The Morgan fingerprint density at radius 3 is 2.54 bits per heavy atom. The van der Waals surface area contributed by atoms with Crippen LogP contribution in [0.3, 0.4) is 0 Å². The number of benzene rings is 2. The highest BCUT2D eigenvalue weighted by atomic mass is 16.5. The van der Waals surface area contributed by atoms with Crippen molar-refractivity contribution in [3.8, 4) is 11.5 Å². The van der Waals surface area contributed by atoms with E-state index in [1.807, 2.05) is 30.3 Å². The number of likely N-dealkylation sites (N-methyl/N-ethyl adjacent to an activating group) is 1. The molecule has 2 heterocycles. The normalized spacial score (nSPS) is 13.9. The summed E-state index contributed by atoms with van der Waals surface area (Å²) in [4.78, 5) is 33.0. The van der Waals surface area contributed by atoms with Gasteiger partial charge in [0.2, 0.25) is 0 Å². The van der Waals surface area contributed by atoms with E-state index < -0.39 is 0 Å². The lowest BCUT2D eigenvalue weighted by atomic mass is 10.1. The molecule has 1 aliphatic heterocycles. The van der Waals surface area contributed by atoms with Crippen molar-refractivity contribution in [3.05, 3.63) is 66.0 Å². The summed E-state index contributed by atoms with van der Waals surface area (Å²) in [5, 5.41) is 9.80. The van der Waals surface area contributed by atoms with E-state index in [1.54, 1.807) is 36.2 Å². The topological polar surface area (TPSA) is 113 Å². The van der Waals surface area contributed by atoms with Crippen LogP contribution in [0, 0.1) is 0 Å². The van der Waals surface area contributed by atoms with Gasteiger partial charge in [0.15, 0.2) is 5.82 Å². The van der Waals surface area contributed by atoms with E-state index >= 15 is 0 Å². The number of hydrogen-bond donors (Lipinski definition) is 2. The van der Waals surface area contributed by atoms with Gasteiger partial charge in [-0.15, -0.1) is 0 Å². The van der Waals surface area contributed by atoms with E-state index in [0.717, 1.165) is 44.1 Å². The van der Waals surface area contributed by atoms with Crippen molar-refractivity contribution in [2.45, 2.75) is 6.42 Å². The van der Waals surface area contributed by atoms with Gasteiger partial charge < -0.3 is 24.8 Å². The van der Waals surface area contributed by atoms with E-state index in [-0.39, 0.29) is 11.9 Å². The molecule has 2 N–H and O–H groups in total.